The summed E-state index contributed by atoms with van der Waals surface area (Å²) in [5, 5.41) is 9.71. The van der Waals surface area contributed by atoms with Crippen LogP contribution in [-0.2, 0) is 14.3 Å². The van der Waals surface area contributed by atoms with Gasteiger partial charge in [-0.1, -0.05) is 23.7 Å². The Hall–Kier alpha value is -1.79. The van der Waals surface area contributed by atoms with E-state index in [0.29, 0.717) is 10.6 Å². The Morgan fingerprint density at radius 1 is 1.35 bits per heavy atom. The number of hydrogen-bond donors (Lipinski definition) is 1. The summed E-state index contributed by atoms with van der Waals surface area (Å²) in [6.07, 6.45) is -1.63. The molecule has 6 nitrogen and oxygen atoms in total. The maximum atomic E-state index is 11.8. The van der Waals surface area contributed by atoms with Crippen LogP contribution >= 0.6 is 11.6 Å². The quantitative estimate of drug-likeness (QED) is 0.857. The lowest BCUT2D eigenvalue weighted by atomic mass is 10.1. The molecule has 0 aliphatic rings. The van der Waals surface area contributed by atoms with Gasteiger partial charge in [0.2, 0.25) is 0 Å². The molecule has 0 aromatic heterocycles. The lowest BCUT2D eigenvalue weighted by Crippen LogP contribution is -2.36. The maximum absolute atomic E-state index is 11.8. The fourth-order valence-corrected chi connectivity index (χ4v) is 1.92. The van der Waals surface area contributed by atoms with Crippen LogP contribution in [0.1, 0.15) is 32.4 Å². The van der Waals surface area contributed by atoms with E-state index in [-0.39, 0.29) is 13.2 Å². The van der Waals surface area contributed by atoms with Gasteiger partial charge in [0.05, 0.1) is 6.61 Å². The van der Waals surface area contributed by atoms with Gasteiger partial charge in [0, 0.05) is 18.6 Å². The van der Waals surface area contributed by atoms with Crippen LogP contribution in [0, 0.1) is 0 Å². The minimum Gasteiger partial charge on any atom is -0.479 e. The SMILES string of the molecule is CN(CCOC(C(=O)O)c1cccc(Cl)c1)C(=O)OC(C)(C)C. The Balaban J connectivity index is 2.57. The number of hydrogen-bond acceptors (Lipinski definition) is 4. The number of benzene rings is 1. The highest BCUT2D eigenvalue weighted by molar-refractivity contribution is 6.30. The predicted molar refractivity (Wildman–Crippen MR) is 86.6 cm³/mol. The standard InChI is InChI=1S/C16H22ClNO5/c1-16(2,3)23-15(21)18(4)8-9-22-13(14(19)20)11-6-5-7-12(17)10-11/h5-7,10,13H,8-9H2,1-4H3,(H,19,20). The molecule has 1 atom stereocenters. The summed E-state index contributed by atoms with van der Waals surface area (Å²) in [6, 6.07) is 6.48. The van der Waals surface area contributed by atoms with Gasteiger partial charge in [-0.25, -0.2) is 9.59 Å². The average Bonchev–Trinajstić information content (AvgIpc) is 2.40. The Bertz CT molecular complexity index is 556. The second-order valence-corrected chi connectivity index (χ2v) is 6.48. The predicted octanol–water partition coefficient (Wildman–Crippen LogP) is 3.35. The fourth-order valence-electron chi connectivity index (χ4n) is 1.72. The van der Waals surface area contributed by atoms with Crippen LogP contribution in [0.15, 0.2) is 24.3 Å². The van der Waals surface area contributed by atoms with Crippen molar-refractivity contribution in [3.05, 3.63) is 34.9 Å². The summed E-state index contributed by atoms with van der Waals surface area (Å²) >= 11 is 5.86. The largest absolute Gasteiger partial charge is 0.479 e. The molecule has 0 bridgehead atoms. The number of ether oxygens (including phenoxy) is 2. The summed E-state index contributed by atoms with van der Waals surface area (Å²) in [7, 11) is 1.56. The van der Waals surface area contributed by atoms with Crippen molar-refractivity contribution in [3.63, 3.8) is 0 Å². The van der Waals surface area contributed by atoms with Gasteiger partial charge in [0.1, 0.15) is 5.60 Å². The number of rotatable bonds is 6. The summed E-state index contributed by atoms with van der Waals surface area (Å²) < 4.78 is 10.6. The fraction of sp³-hybridized carbons (Fsp3) is 0.500. The zero-order valence-electron chi connectivity index (χ0n) is 13.7. The van der Waals surface area contributed by atoms with Gasteiger partial charge in [-0.15, -0.1) is 0 Å². The third kappa shape index (κ3) is 6.88. The molecule has 23 heavy (non-hydrogen) atoms. The molecule has 1 rings (SSSR count). The molecule has 0 aliphatic carbocycles. The van der Waals surface area contributed by atoms with Crippen LogP contribution in [0.3, 0.4) is 0 Å². The number of carboxylic acid groups (broad SMARTS) is 1. The topological polar surface area (TPSA) is 76.1 Å². The van der Waals surface area contributed by atoms with E-state index in [1.807, 2.05) is 0 Å². The number of carbonyl (C=O) groups is 2. The van der Waals surface area contributed by atoms with Crippen molar-refractivity contribution in [1.82, 2.24) is 4.90 Å². The maximum Gasteiger partial charge on any atom is 0.410 e. The van der Waals surface area contributed by atoms with Crippen LogP contribution in [0.25, 0.3) is 0 Å². The molecule has 1 N–H and O–H groups in total. The van der Waals surface area contributed by atoms with E-state index in [9.17, 15) is 14.7 Å². The van der Waals surface area contributed by atoms with Gasteiger partial charge in [-0.3, -0.25) is 0 Å². The Labute approximate surface area is 140 Å². The molecular formula is C16H22ClNO5. The Morgan fingerprint density at radius 3 is 2.52 bits per heavy atom. The van der Waals surface area contributed by atoms with Gasteiger partial charge in [0.15, 0.2) is 6.10 Å². The summed E-state index contributed by atoms with van der Waals surface area (Å²) in [5.74, 6) is -1.12. The van der Waals surface area contributed by atoms with Crippen molar-refractivity contribution in [2.24, 2.45) is 0 Å². The second-order valence-electron chi connectivity index (χ2n) is 6.05. The minimum atomic E-state index is -1.14. The van der Waals surface area contributed by atoms with Gasteiger partial charge < -0.3 is 19.5 Å². The lowest BCUT2D eigenvalue weighted by Gasteiger charge is -2.25. The molecule has 128 valence electrons. The molecule has 0 saturated heterocycles. The number of amides is 1. The van der Waals surface area contributed by atoms with Crippen LogP contribution in [0.4, 0.5) is 4.79 Å². The summed E-state index contributed by atoms with van der Waals surface area (Å²) in [4.78, 5) is 24.5. The third-order valence-electron chi connectivity index (χ3n) is 2.79. The molecule has 0 aliphatic heterocycles. The Kier molecular flexibility index (Phi) is 6.84. The first-order chi connectivity index (χ1) is 10.6. The van der Waals surface area contributed by atoms with Crippen molar-refractivity contribution in [3.8, 4) is 0 Å². The van der Waals surface area contributed by atoms with E-state index < -0.39 is 23.8 Å². The van der Waals surface area contributed by atoms with E-state index in [2.05, 4.69) is 0 Å². The number of halogens is 1. The minimum absolute atomic E-state index is 0.0548. The van der Waals surface area contributed by atoms with Gasteiger partial charge in [-0.05, 0) is 38.5 Å². The summed E-state index contributed by atoms with van der Waals surface area (Å²) in [5.41, 5.74) is -0.138. The normalized spacial score (nSPS) is 12.6. The lowest BCUT2D eigenvalue weighted by molar-refractivity contribution is -0.151. The molecule has 0 saturated carbocycles. The molecule has 1 aromatic rings. The molecule has 0 fully saturated rings. The number of carboxylic acids is 1. The molecule has 1 unspecified atom stereocenters. The third-order valence-corrected chi connectivity index (χ3v) is 3.03. The number of nitrogens with zero attached hydrogens (tertiary/aromatic N) is 1. The molecule has 0 radical (unpaired) electrons. The van der Waals surface area contributed by atoms with Crippen molar-refractivity contribution >= 4 is 23.7 Å². The number of aliphatic carboxylic acids is 1. The van der Waals surface area contributed by atoms with Gasteiger partial charge >= 0.3 is 12.1 Å². The van der Waals surface area contributed by atoms with E-state index in [4.69, 9.17) is 21.1 Å². The molecule has 7 heteroatoms. The van der Waals surface area contributed by atoms with E-state index in [1.54, 1.807) is 46.0 Å². The van der Waals surface area contributed by atoms with Gasteiger partial charge in [0.25, 0.3) is 0 Å². The molecular weight excluding hydrogens is 322 g/mol. The molecule has 1 aromatic carbocycles. The highest BCUT2D eigenvalue weighted by Crippen LogP contribution is 2.21. The number of likely N-dealkylation sites (N-methyl/N-ethyl adjacent to an activating group) is 1. The Morgan fingerprint density at radius 2 is 2.00 bits per heavy atom. The van der Waals surface area contributed by atoms with E-state index in [1.165, 1.54) is 11.0 Å². The van der Waals surface area contributed by atoms with Crippen molar-refractivity contribution in [2.45, 2.75) is 32.5 Å². The zero-order valence-corrected chi connectivity index (χ0v) is 14.5. The van der Waals surface area contributed by atoms with Crippen LogP contribution in [0.5, 0.6) is 0 Å². The molecule has 0 spiro atoms. The average molecular weight is 344 g/mol. The monoisotopic (exact) mass is 343 g/mol. The van der Waals surface area contributed by atoms with Gasteiger partial charge in [-0.2, -0.15) is 0 Å². The first-order valence-corrected chi connectivity index (χ1v) is 7.52. The first kappa shape index (κ1) is 19.3. The van der Waals surface area contributed by atoms with E-state index >= 15 is 0 Å². The van der Waals surface area contributed by atoms with E-state index in [0.717, 1.165) is 0 Å². The number of carbonyl (C=O) groups excluding carboxylic acids is 1. The second kappa shape index (κ2) is 8.17. The van der Waals surface area contributed by atoms with Crippen LogP contribution in [-0.4, -0.2) is 47.9 Å². The highest BCUT2D eigenvalue weighted by Gasteiger charge is 2.23. The highest BCUT2D eigenvalue weighted by atomic mass is 35.5. The summed E-state index contributed by atoms with van der Waals surface area (Å²) in [6.45, 7) is 5.58. The van der Waals surface area contributed by atoms with Crippen molar-refractivity contribution in [2.75, 3.05) is 20.2 Å². The smallest absolute Gasteiger partial charge is 0.410 e. The van der Waals surface area contributed by atoms with Crippen molar-refractivity contribution < 1.29 is 24.2 Å². The van der Waals surface area contributed by atoms with Crippen LogP contribution < -0.4 is 0 Å². The van der Waals surface area contributed by atoms with Crippen LogP contribution in [0.2, 0.25) is 5.02 Å². The first-order valence-electron chi connectivity index (χ1n) is 7.14. The molecule has 1 amide bonds. The van der Waals surface area contributed by atoms with Crippen molar-refractivity contribution in [1.29, 1.82) is 0 Å². The molecule has 0 heterocycles. The zero-order chi connectivity index (χ0) is 17.6.